The van der Waals surface area contributed by atoms with Gasteiger partial charge in [-0.3, -0.25) is 4.79 Å². The van der Waals surface area contributed by atoms with E-state index in [1.54, 1.807) is 0 Å². The second-order valence-electron chi connectivity index (χ2n) is 4.87. The number of para-hydroxylation sites is 1. The van der Waals surface area contributed by atoms with E-state index in [0.29, 0.717) is 6.42 Å². The quantitative estimate of drug-likeness (QED) is 0.889. The first-order chi connectivity index (χ1) is 10.3. The van der Waals surface area contributed by atoms with Crippen LogP contribution in [0, 0.1) is 17.2 Å². The standard InChI is InChI=1S/C18H18N2O/c1-2-8-15(13-19)18(21)20-17-12-7-6-11-16(17)14-9-4-3-5-10-14/h3-7,9-12,15H,2,8H2,1H3,(H,20,21). The first-order valence-corrected chi connectivity index (χ1v) is 7.11. The number of benzene rings is 2. The van der Waals surface area contributed by atoms with Gasteiger partial charge in [0.2, 0.25) is 5.91 Å². The van der Waals surface area contributed by atoms with Crippen molar-refractivity contribution in [3.63, 3.8) is 0 Å². The van der Waals surface area contributed by atoms with E-state index in [2.05, 4.69) is 11.4 Å². The normalized spacial score (nSPS) is 11.4. The van der Waals surface area contributed by atoms with Crippen molar-refractivity contribution in [3.8, 4) is 17.2 Å². The van der Waals surface area contributed by atoms with Gasteiger partial charge in [0.05, 0.1) is 6.07 Å². The van der Waals surface area contributed by atoms with Crippen LogP contribution in [-0.4, -0.2) is 5.91 Å². The molecule has 1 atom stereocenters. The maximum absolute atomic E-state index is 12.2. The lowest BCUT2D eigenvalue weighted by Gasteiger charge is -2.13. The molecule has 3 heteroatoms. The third-order valence-electron chi connectivity index (χ3n) is 3.32. The van der Waals surface area contributed by atoms with Gasteiger partial charge in [-0.1, -0.05) is 61.9 Å². The minimum atomic E-state index is -0.598. The Kier molecular flexibility index (Phi) is 5.11. The zero-order valence-electron chi connectivity index (χ0n) is 12.0. The summed E-state index contributed by atoms with van der Waals surface area (Å²) in [4.78, 5) is 12.2. The Balaban J connectivity index is 2.26. The van der Waals surface area contributed by atoms with Crippen molar-refractivity contribution in [2.75, 3.05) is 5.32 Å². The zero-order chi connectivity index (χ0) is 15.1. The van der Waals surface area contributed by atoms with Gasteiger partial charge in [-0.25, -0.2) is 0 Å². The maximum Gasteiger partial charge on any atom is 0.241 e. The van der Waals surface area contributed by atoms with Crippen LogP contribution in [0.3, 0.4) is 0 Å². The molecular formula is C18H18N2O. The minimum absolute atomic E-state index is 0.234. The van der Waals surface area contributed by atoms with E-state index in [1.807, 2.05) is 61.5 Å². The van der Waals surface area contributed by atoms with E-state index in [4.69, 9.17) is 5.26 Å². The predicted molar refractivity (Wildman–Crippen MR) is 84.5 cm³/mol. The highest BCUT2D eigenvalue weighted by Gasteiger charge is 2.18. The van der Waals surface area contributed by atoms with Crippen LogP contribution in [0.5, 0.6) is 0 Å². The van der Waals surface area contributed by atoms with Gasteiger partial charge < -0.3 is 5.32 Å². The molecule has 0 spiro atoms. The van der Waals surface area contributed by atoms with E-state index in [-0.39, 0.29) is 5.91 Å². The molecule has 0 saturated carbocycles. The summed E-state index contributed by atoms with van der Waals surface area (Å²) in [5.74, 6) is -0.832. The molecule has 1 amide bonds. The van der Waals surface area contributed by atoms with Crippen LogP contribution in [0.1, 0.15) is 19.8 Å². The van der Waals surface area contributed by atoms with E-state index < -0.39 is 5.92 Å². The lowest BCUT2D eigenvalue weighted by Crippen LogP contribution is -2.21. The Morgan fingerprint density at radius 2 is 1.81 bits per heavy atom. The highest BCUT2D eigenvalue weighted by Crippen LogP contribution is 2.28. The number of nitriles is 1. The SMILES string of the molecule is CCCC(C#N)C(=O)Nc1ccccc1-c1ccccc1. The average molecular weight is 278 g/mol. The molecule has 0 aliphatic carbocycles. The van der Waals surface area contributed by atoms with Crippen molar-refractivity contribution in [3.05, 3.63) is 54.6 Å². The Morgan fingerprint density at radius 1 is 1.14 bits per heavy atom. The van der Waals surface area contributed by atoms with Gasteiger partial charge in [0.25, 0.3) is 0 Å². The van der Waals surface area contributed by atoms with Gasteiger partial charge in [-0.05, 0) is 18.1 Å². The lowest BCUT2D eigenvalue weighted by molar-refractivity contribution is -0.118. The molecule has 0 aliphatic heterocycles. The van der Waals surface area contributed by atoms with Crippen LogP contribution < -0.4 is 5.32 Å². The maximum atomic E-state index is 12.2. The third-order valence-corrected chi connectivity index (χ3v) is 3.32. The fourth-order valence-corrected chi connectivity index (χ4v) is 2.22. The molecule has 1 N–H and O–H groups in total. The second kappa shape index (κ2) is 7.25. The van der Waals surface area contributed by atoms with E-state index in [1.165, 1.54) is 0 Å². The Labute approximate surface area is 125 Å². The first kappa shape index (κ1) is 14.8. The van der Waals surface area contributed by atoms with E-state index in [9.17, 15) is 4.79 Å². The summed E-state index contributed by atoms with van der Waals surface area (Å²) in [5.41, 5.74) is 2.74. The molecule has 3 nitrogen and oxygen atoms in total. The number of rotatable bonds is 5. The van der Waals surface area contributed by atoms with Gasteiger partial charge in [0.1, 0.15) is 5.92 Å². The topological polar surface area (TPSA) is 52.9 Å². The molecule has 2 aromatic carbocycles. The fourth-order valence-electron chi connectivity index (χ4n) is 2.22. The molecule has 0 aromatic heterocycles. The summed E-state index contributed by atoms with van der Waals surface area (Å²) in [6, 6.07) is 19.6. The first-order valence-electron chi connectivity index (χ1n) is 7.11. The molecule has 0 aliphatic rings. The van der Waals surface area contributed by atoms with E-state index in [0.717, 1.165) is 23.2 Å². The summed E-state index contributed by atoms with van der Waals surface area (Å²) in [6.45, 7) is 1.97. The van der Waals surface area contributed by atoms with Gasteiger partial charge in [0.15, 0.2) is 0 Å². The van der Waals surface area contributed by atoms with Crippen LogP contribution in [-0.2, 0) is 4.79 Å². The molecule has 0 saturated heterocycles. The molecule has 0 fully saturated rings. The molecular weight excluding hydrogens is 260 g/mol. The predicted octanol–water partition coefficient (Wildman–Crippen LogP) is 4.23. The number of carbonyl (C=O) groups is 1. The molecule has 0 bridgehead atoms. The summed E-state index contributed by atoms with van der Waals surface area (Å²) < 4.78 is 0. The average Bonchev–Trinajstić information content (AvgIpc) is 2.54. The van der Waals surface area contributed by atoms with E-state index >= 15 is 0 Å². The van der Waals surface area contributed by atoms with Crippen LogP contribution in [0.25, 0.3) is 11.1 Å². The van der Waals surface area contributed by atoms with Crippen LogP contribution in [0.15, 0.2) is 54.6 Å². The Bertz CT molecular complexity index is 644. The van der Waals surface area contributed by atoms with Crippen LogP contribution in [0.2, 0.25) is 0 Å². The van der Waals surface area contributed by atoms with Crippen LogP contribution >= 0.6 is 0 Å². The summed E-state index contributed by atoms with van der Waals surface area (Å²) in [5, 5.41) is 12.0. The van der Waals surface area contributed by atoms with Crippen molar-refractivity contribution in [1.82, 2.24) is 0 Å². The molecule has 2 aromatic rings. The monoisotopic (exact) mass is 278 g/mol. The number of nitrogens with one attached hydrogen (secondary N) is 1. The summed E-state index contributed by atoms with van der Waals surface area (Å²) in [6.07, 6.45) is 1.39. The molecule has 21 heavy (non-hydrogen) atoms. The van der Waals surface area contributed by atoms with Gasteiger partial charge in [-0.2, -0.15) is 5.26 Å². The molecule has 1 unspecified atom stereocenters. The van der Waals surface area contributed by atoms with Crippen molar-refractivity contribution in [1.29, 1.82) is 5.26 Å². The second-order valence-corrected chi connectivity index (χ2v) is 4.87. The number of hydrogen-bond donors (Lipinski definition) is 1. The summed E-state index contributed by atoms with van der Waals surface area (Å²) >= 11 is 0. The van der Waals surface area contributed by atoms with Crippen molar-refractivity contribution < 1.29 is 4.79 Å². The molecule has 0 heterocycles. The van der Waals surface area contributed by atoms with Crippen molar-refractivity contribution in [2.45, 2.75) is 19.8 Å². The largest absolute Gasteiger partial charge is 0.324 e. The third kappa shape index (κ3) is 3.70. The molecule has 2 rings (SSSR count). The number of anilines is 1. The van der Waals surface area contributed by atoms with Crippen LogP contribution in [0.4, 0.5) is 5.69 Å². The number of nitrogens with zero attached hydrogens (tertiary/aromatic N) is 1. The number of hydrogen-bond acceptors (Lipinski definition) is 2. The zero-order valence-corrected chi connectivity index (χ0v) is 12.0. The van der Waals surface area contributed by atoms with Crippen molar-refractivity contribution in [2.24, 2.45) is 5.92 Å². The van der Waals surface area contributed by atoms with Crippen molar-refractivity contribution >= 4 is 11.6 Å². The molecule has 106 valence electrons. The van der Waals surface area contributed by atoms with Gasteiger partial charge >= 0.3 is 0 Å². The number of carbonyl (C=O) groups excluding carboxylic acids is 1. The highest BCUT2D eigenvalue weighted by atomic mass is 16.1. The molecule has 0 radical (unpaired) electrons. The Hall–Kier alpha value is -2.60. The fraction of sp³-hybridized carbons (Fsp3) is 0.222. The Morgan fingerprint density at radius 3 is 2.48 bits per heavy atom. The smallest absolute Gasteiger partial charge is 0.241 e. The highest BCUT2D eigenvalue weighted by molar-refractivity contribution is 5.97. The minimum Gasteiger partial charge on any atom is -0.324 e. The summed E-state index contributed by atoms with van der Waals surface area (Å²) in [7, 11) is 0. The van der Waals surface area contributed by atoms with Gasteiger partial charge in [0, 0.05) is 11.3 Å². The van der Waals surface area contributed by atoms with Gasteiger partial charge in [-0.15, -0.1) is 0 Å². The number of amides is 1. The lowest BCUT2D eigenvalue weighted by atomic mass is 10.0.